The van der Waals surface area contributed by atoms with Gasteiger partial charge in [-0.05, 0) is 50.6 Å². The second-order valence-corrected chi connectivity index (χ2v) is 5.67. The van der Waals surface area contributed by atoms with Gasteiger partial charge in [-0.15, -0.1) is 0 Å². The lowest BCUT2D eigenvalue weighted by Crippen LogP contribution is -2.37. The van der Waals surface area contributed by atoms with Crippen LogP contribution in [0.2, 0.25) is 0 Å². The maximum absolute atomic E-state index is 12.3. The van der Waals surface area contributed by atoms with Crippen molar-refractivity contribution in [3.63, 3.8) is 0 Å². The fourth-order valence-corrected chi connectivity index (χ4v) is 2.43. The van der Waals surface area contributed by atoms with E-state index in [-0.39, 0.29) is 11.7 Å². The van der Waals surface area contributed by atoms with E-state index in [2.05, 4.69) is 5.32 Å². The Morgan fingerprint density at radius 2 is 1.59 bits per heavy atom. The number of nitrogens with one attached hydrogen (secondary N) is 1. The van der Waals surface area contributed by atoms with Crippen LogP contribution >= 0.6 is 0 Å². The Labute approximate surface area is 130 Å². The Morgan fingerprint density at radius 3 is 2.14 bits per heavy atom. The van der Waals surface area contributed by atoms with E-state index in [0.29, 0.717) is 11.1 Å². The second-order valence-electron chi connectivity index (χ2n) is 5.67. The van der Waals surface area contributed by atoms with Gasteiger partial charge in [0.2, 0.25) is 0 Å². The molecule has 0 saturated heterocycles. The molecule has 1 amide bonds. The summed E-state index contributed by atoms with van der Waals surface area (Å²) >= 11 is 0. The molecule has 2 aromatic rings. The van der Waals surface area contributed by atoms with Crippen molar-refractivity contribution in [2.75, 3.05) is 0 Å². The van der Waals surface area contributed by atoms with Crippen molar-refractivity contribution in [1.29, 1.82) is 0 Å². The van der Waals surface area contributed by atoms with Crippen molar-refractivity contribution in [1.82, 2.24) is 5.32 Å². The number of phenols is 1. The van der Waals surface area contributed by atoms with Crippen LogP contribution in [0.15, 0.2) is 42.5 Å². The van der Waals surface area contributed by atoms with Crippen LogP contribution in [0, 0.1) is 13.8 Å². The zero-order valence-electron chi connectivity index (χ0n) is 13.0. The molecule has 0 aliphatic carbocycles. The van der Waals surface area contributed by atoms with E-state index in [0.717, 1.165) is 11.1 Å². The number of aromatic hydroxyl groups is 1. The van der Waals surface area contributed by atoms with Gasteiger partial charge in [-0.2, -0.15) is 0 Å². The van der Waals surface area contributed by atoms with Crippen molar-refractivity contribution < 1.29 is 15.0 Å². The molecule has 4 nitrogen and oxygen atoms in total. The lowest BCUT2D eigenvalue weighted by molar-refractivity contribution is 0.0852. The van der Waals surface area contributed by atoms with Crippen LogP contribution in [-0.4, -0.2) is 22.2 Å². The Hall–Kier alpha value is -2.33. The van der Waals surface area contributed by atoms with Crippen molar-refractivity contribution in [2.45, 2.75) is 32.9 Å². The number of benzene rings is 2. The van der Waals surface area contributed by atoms with Crippen LogP contribution in [0.1, 0.15) is 40.1 Å². The van der Waals surface area contributed by atoms with Crippen LogP contribution in [0.5, 0.6) is 5.75 Å². The summed E-state index contributed by atoms with van der Waals surface area (Å²) in [6, 6.07) is 11.5. The molecule has 0 aliphatic rings. The highest BCUT2D eigenvalue weighted by molar-refractivity contribution is 5.94. The van der Waals surface area contributed by atoms with Gasteiger partial charge in [0.25, 0.3) is 5.91 Å². The van der Waals surface area contributed by atoms with Crippen LogP contribution in [0.25, 0.3) is 0 Å². The third-order valence-corrected chi connectivity index (χ3v) is 3.55. The second kappa shape index (κ2) is 6.62. The SMILES string of the molecule is Cc1cc(C)cc(C(=O)N[C@H](C)[C@H](O)c2ccc(O)cc2)c1. The van der Waals surface area contributed by atoms with Gasteiger partial charge >= 0.3 is 0 Å². The quantitative estimate of drug-likeness (QED) is 0.813. The molecule has 0 bridgehead atoms. The first-order valence-corrected chi connectivity index (χ1v) is 7.23. The first-order chi connectivity index (χ1) is 10.4. The predicted octanol–water partition coefficient (Wildman–Crippen LogP) is 2.86. The summed E-state index contributed by atoms with van der Waals surface area (Å²) in [5.74, 6) is -0.0694. The monoisotopic (exact) mass is 299 g/mol. The largest absolute Gasteiger partial charge is 0.508 e. The summed E-state index contributed by atoms with van der Waals surface area (Å²) in [5.41, 5.74) is 3.28. The maximum atomic E-state index is 12.3. The standard InChI is InChI=1S/C18H21NO3/c1-11-8-12(2)10-15(9-11)18(22)19-13(3)17(21)14-4-6-16(20)7-5-14/h4-10,13,17,20-21H,1-3H3,(H,19,22)/t13-,17+/m1/s1. The Morgan fingerprint density at radius 1 is 1.05 bits per heavy atom. The summed E-state index contributed by atoms with van der Waals surface area (Å²) in [7, 11) is 0. The van der Waals surface area contributed by atoms with Gasteiger partial charge in [-0.1, -0.05) is 29.3 Å². The molecular weight excluding hydrogens is 278 g/mol. The van der Waals surface area contributed by atoms with E-state index in [9.17, 15) is 15.0 Å². The van der Waals surface area contributed by atoms with Crippen LogP contribution < -0.4 is 5.32 Å². The summed E-state index contributed by atoms with van der Waals surface area (Å²) in [4.78, 5) is 12.3. The average molecular weight is 299 g/mol. The van der Waals surface area contributed by atoms with Gasteiger partial charge in [-0.3, -0.25) is 4.79 Å². The van der Waals surface area contributed by atoms with E-state index < -0.39 is 12.1 Å². The highest BCUT2D eigenvalue weighted by Gasteiger charge is 2.19. The maximum Gasteiger partial charge on any atom is 0.251 e. The van der Waals surface area contributed by atoms with E-state index in [1.807, 2.05) is 32.0 Å². The van der Waals surface area contributed by atoms with Gasteiger partial charge in [0, 0.05) is 5.56 Å². The minimum Gasteiger partial charge on any atom is -0.508 e. The van der Waals surface area contributed by atoms with Gasteiger partial charge in [0.1, 0.15) is 5.75 Å². The summed E-state index contributed by atoms with van der Waals surface area (Å²) in [5, 5.41) is 22.4. The molecule has 2 atom stereocenters. The normalized spacial score (nSPS) is 13.5. The fourth-order valence-electron chi connectivity index (χ4n) is 2.43. The number of phenolic OH excluding ortho intramolecular Hbond substituents is 1. The molecule has 2 aromatic carbocycles. The number of hydrogen-bond acceptors (Lipinski definition) is 3. The summed E-state index contributed by atoms with van der Waals surface area (Å²) in [6.45, 7) is 5.63. The molecule has 0 unspecified atom stereocenters. The lowest BCUT2D eigenvalue weighted by Gasteiger charge is -2.21. The Bertz CT molecular complexity index is 644. The smallest absolute Gasteiger partial charge is 0.251 e. The Balaban J connectivity index is 2.08. The Kier molecular flexibility index (Phi) is 4.83. The van der Waals surface area contributed by atoms with E-state index in [1.54, 1.807) is 19.1 Å². The molecule has 116 valence electrons. The van der Waals surface area contributed by atoms with Crippen LogP contribution in [0.4, 0.5) is 0 Å². The van der Waals surface area contributed by atoms with Gasteiger partial charge in [0.05, 0.1) is 12.1 Å². The lowest BCUT2D eigenvalue weighted by atomic mass is 10.0. The van der Waals surface area contributed by atoms with Crippen LogP contribution in [0.3, 0.4) is 0 Å². The van der Waals surface area contributed by atoms with E-state index >= 15 is 0 Å². The molecule has 0 aromatic heterocycles. The van der Waals surface area contributed by atoms with Gasteiger partial charge in [0.15, 0.2) is 0 Å². The fraction of sp³-hybridized carbons (Fsp3) is 0.278. The molecule has 22 heavy (non-hydrogen) atoms. The molecule has 4 heteroatoms. The van der Waals surface area contributed by atoms with E-state index in [4.69, 9.17) is 0 Å². The first-order valence-electron chi connectivity index (χ1n) is 7.23. The zero-order chi connectivity index (χ0) is 16.3. The number of carbonyl (C=O) groups excluding carboxylic acids is 1. The number of aryl methyl sites for hydroxylation is 2. The first kappa shape index (κ1) is 16.0. The van der Waals surface area contributed by atoms with Crippen molar-refractivity contribution in [2.24, 2.45) is 0 Å². The minimum absolute atomic E-state index is 0.142. The average Bonchev–Trinajstić information content (AvgIpc) is 2.46. The third kappa shape index (κ3) is 3.86. The molecule has 0 radical (unpaired) electrons. The number of amides is 1. The molecule has 0 aliphatic heterocycles. The van der Waals surface area contributed by atoms with E-state index in [1.165, 1.54) is 12.1 Å². The zero-order valence-corrected chi connectivity index (χ0v) is 13.0. The molecule has 2 rings (SSSR count). The highest BCUT2D eigenvalue weighted by atomic mass is 16.3. The molecule has 0 spiro atoms. The van der Waals surface area contributed by atoms with Crippen molar-refractivity contribution in [3.05, 3.63) is 64.7 Å². The molecule has 0 heterocycles. The van der Waals surface area contributed by atoms with Gasteiger partial charge < -0.3 is 15.5 Å². The van der Waals surface area contributed by atoms with Crippen LogP contribution in [-0.2, 0) is 0 Å². The highest BCUT2D eigenvalue weighted by Crippen LogP contribution is 2.20. The summed E-state index contributed by atoms with van der Waals surface area (Å²) < 4.78 is 0. The van der Waals surface area contributed by atoms with Crippen molar-refractivity contribution in [3.8, 4) is 5.75 Å². The number of aliphatic hydroxyl groups excluding tert-OH is 1. The molecular formula is C18H21NO3. The van der Waals surface area contributed by atoms with Gasteiger partial charge in [-0.25, -0.2) is 0 Å². The topological polar surface area (TPSA) is 69.6 Å². The summed E-state index contributed by atoms with van der Waals surface area (Å²) in [6.07, 6.45) is -0.838. The molecule has 3 N–H and O–H groups in total. The molecule has 0 saturated carbocycles. The number of rotatable bonds is 4. The minimum atomic E-state index is -0.838. The third-order valence-electron chi connectivity index (χ3n) is 3.55. The number of aliphatic hydroxyl groups is 1. The van der Waals surface area contributed by atoms with Crippen molar-refractivity contribution >= 4 is 5.91 Å². The molecule has 0 fully saturated rings. The predicted molar refractivity (Wildman–Crippen MR) is 85.9 cm³/mol. The number of carbonyl (C=O) groups is 1. The number of hydrogen-bond donors (Lipinski definition) is 3.